The number of hydrogen-bond acceptors (Lipinski definition) is 2. The summed E-state index contributed by atoms with van der Waals surface area (Å²) in [6.07, 6.45) is 7.62. The lowest BCUT2D eigenvalue weighted by atomic mass is 9.72. The molecule has 0 bridgehead atoms. The number of fused-ring (bicyclic) bond motifs is 1. The number of aromatic nitrogens is 1. The number of nitrogens with zero attached hydrogens (tertiary/aromatic N) is 1. The zero-order chi connectivity index (χ0) is 15.0. The summed E-state index contributed by atoms with van der Waals surface area (Å²) in [6, 6.07) is 2.08. The van der Waals surface area contributed by atoms with Crippen LogP contribution in [-0.4, -0.2) is 34.2 Å². The van der Waals surface area contributed by atoms with E-state index in [9.17, 15) is 9.59 Å². The lowest BCUT2D eigenvalue weighted by Crippen LogP contribution is -2.52. The van der Waals surface area contributed by atoms with Crippen molar-refractivity contribution in [3.05, 3.63) is 23.5 Å². The van der Waals surface area contributed by atoms with Gasteiger partial charge < -0.3 is 9.88 Å². The van der Waals surface area contributed by atoms with Gasteiger partial charge in [-0.15, -0.1) is 0 Å². The van der Waals surface area contributed by atoms with Gasteiger partial charge in [0.25, 0.3) is 5.91 Å². The molecule has 4 heteroatoms. The normalized spacial score (nSPS) is 29.0. The van der Waals surface area contributed by atoms with Gasteiger partial charge in [0, 0.05) is 24.3 Å². The van der Waals surface area contributed by atoms with Gasteiger partial charge in [0.2, 0.25) is 0 Å². The minimum absolute atomic E-state index is 0.00638. The maximum atomic E-state index is 12.8. The molecule has 0 spiro atoms. The van der Waals surface area contributed by atoms with E-state index in [1.165, 1.54) is 26.2 Å². The van der Waals surface area contributed by atoms with E-state index in [1.807, 2.05) is 0 Å². The van der Waals surface area contributed by atoms with Crippen LogP contribution < -0.4 is 0 Å². The molecule has 0 radical (unpaired) electrons. The Balaban J connectivity index is 1.81. The second-order valence-corrected chi connectivity index (χ2v) is 6.64. The Morgan fingerprint density at radius 3 is 2.71 bits per heavy atom. The van der Waals surface area contributed by atoms with E-state index in [0.29, 0.717) is 23.2 Å². The van der Waals surface area contributed by atoms with Gasteiger partial charge in [-0.3, -0.25) is 9.59 Å². The van der Waals surface area contributed by atoms with Gasteiger partial charge in [-0.05, 0) is 44.1 Å². The lowest BCUT2D eigenvalue weighted by Gasteiger charge is -2.47. The zero-order valence-corrected chi connectivity index (χ0v) is 12.9. The number of rotatable bonds is 2. The van der Waals surface area contributed by atoms with E-state index in [0.717, 1.165) is 25.3 Å². The number of ketones is 1. The van der Waals surface area contributed by atoms with Crippen LogP contribution in [0.5, 0.6) is 0 Å². The molecule has 1 saturated carbocycles. The molecule has 1 amide bonds. The summed E-state index contributed by atoms with van der Waals surface area (Å²) < 4.78 is 0. The quantitative estimate of drug-likeness (QED) is 0.849. The Labute approximate surface area is 125 Å². The van der Waals surface area contributed by atoms with Crippen molar-refractivity contribution in [2.24, 2.45) is 11.8 Å². The number of carbonyl (C=O) groups excluding carboxylic acids is 2. The van der Waals surface area contributed by atoms with Crippen molar-refractivity contribution in [2.45, 2.75) is 52.0 Å². The number of hydrogen-bond donors (Lipinski definition) is 1. The first kappa shape index (κ1) is 14.4. The highest BCUT2D eigenvalue weighted by Gasteiger charge is 2.39. The number of aromatic amines is 1. The van der Waals surface area contributed by atoms with Crippen molar-refractivity contribution in [1.29, 1.82) is 0 Å². The van der Waals surface area contributed by atoms with E-state index in [1.54, 1.807) is 12.3 Å². The van der Waals surface area contributed by atoms with Crippen molar-refractivity contribution in [3.8, 4) is 0 Å². The van der Waals surface area contributed by atoms with E-state index in [4.69, 9.17) is 0 Å². The number of H-pyrrole nitrogens is 1. The van der Waals surface area contributed by atoms with Crippen molar-refractivity contribution < 1.29 is 9.59 Å². The van der Waals surface area contributed by atoms with Crippen LogP contribution in [0.1, 0.15) is 66.8 Å². The lowest BCUT2D eigenvalue weighted by molar-refractivity contribution is 0.0213. The van der Waals surface area contributed by atoms with Crippen molar-refractivity contribution in [3.63, 3.8) is 0 Å². The van der Waals surface area contributed by atoms with Crippen LogP contribution in [0.3, 0.4) is 0 Å². The van der Waals surface area contributed by atoms with Gasteiger partial charge in [-0.1, -0.05) is 19.8 Å². The molecule has 1 aromatic heterocycles. The van der Waals surface area contributed by atoms with Gasteiger partial charge in [0.05, 0.1) is 0 Å². The molecule has 0 aromatic carbocycles. The molecule has 4 nitrogen and oxygen atoms in total. The Hall–Kier alpha value is -1.58. The van der Waals surface area contributed by atoms with Crippen LogP contribution in [0.2, 0.25) is 0 Å². The maximum Gasteiger partial charge on any atom is 0.270 e. The monoisotopic (exact) mass is 288 g/mol. The van der Waals surface area contributed by atoms with Crippen LogP contribution in [0, 0.1) is 11.8 Å². The molecular formula is C17H24N2O2. The predicted molar refractivity (Wildman–Crippen MR) is 81.4 cm³/mol. The average molecular weight is 288 g/mol. The number of amides is 1. The number of Topliss-reactive ketones (excluding diaryl/α,β-unsaturated/α-hetero) is 1. The summed E-state index contributed by atoms with van der Waals surface area (Å²) in [7, 11) is 0. The first-order valence-electron chi connectivity index (χ1n) is 8.08. The molecule has 1 aromatic rings. The molecule has 2 aliphatic rings. The molecule has 1 N–H and O–H groups in total. The molecule has 1 saturated heterocycles. The second kappa shape index (κ2) is 5.66. The number of nitrogens with one attached hydrogen (secondary N) is 1. The fraction of sp³-hybridized carbons (Fsp3) is 0.647. The minimum atomic E-state index is -0.00638. The molecule has 3 rings (SSSR count). The number of likely N-dealkylation sites (tertiary alicyclic amines) is 1. The second-order valence-electron chi connectivity index (χ2n) is 6.64. The molecule has 114 valence electrons. The summed E-state index contributed by atoms with van der Waals surface area (Å²) in [4.78, 5) is 29.2. The van der Waals surface area contributed by atoms with Crippen LogP contribution >= 0.6 is 0 Å². The van der Waals surface area contributed by atoms with Crippen LogP contribution in [0.4, 0.5) is 0 Å². The van der Waals surface area contributed by atoms with Crippen molar-refractivity contribution >= 4 is 11.7 Å². The van der Waals surface area contributed by atoms with Crippen LogP contribution in [0.25, 0.3) is 0 Å². The Morgan fingerprint density at radius 1 is 1.24 bits per heavy atom. The van der Waals surface area contributed by atoms with Crippen LogP contribution in [-0.2, 0) is 0 Å². The molecule has 2 heterocycles. The third-order valence-electron chi connectivity index (χ3n) is 5.32. The van der Waals surface area contributed by atoms with Gasteiger partial charge in [-0.25, -0.2) is 0 Å². The largest absolute Gasteiger partial charge is 0.356 e. The predicted octanol–water partition coefficient (Wildman–Crippen LogP) is 3.26. The van der Waals surface area contributed by atoms with Crippen LogP contribution in [0.15, 0.2) is 12.3 Å². The van der Waals surface area contributed by atoms with E-state index < -0.39 is 0 Å². The van der Waals surface area contributed by atoms with E-state index >= 15 is 0 Å². The molecule has 0 unspecified atom stereocenters. The Kier molecular flexibility index (Phi) is 3.87. The molecule has 1 aliphatic carbocycles. The first-order chi connectivity index (χ1) is 10.1. The molecule has 3 atom stereocenters. The van der Waals surface area contributed by atoms with Gasteiger partial charge >= 0.3 is 0 Å². The number of piperidine rings is 1. The molecule has 1 aliphatic heterocycles. The van der Waals surface area contributed by atoms with Crippen molar-refractivity contribution in [1.82, 2.24) is 9.88 Å². The third-order valence-corrected chi connectivity index (χ3v) is 5.32. The topological polar surface area (TPSA) is 53.2 Å². The Morgan fingerprint density at radius 2 is 2.00 bits per heavy atom. The smallest absolute Gasteiger partial charge is 0.270 e. The number of carbonyl (C=O) groups is 2. The van der Waals surface area contributed by atoms with Crippen molar-refractivity contribution in [2.75, 3.05) is 6.54 Å². The fourth-order valence-electron chi connectivity index (χ4n) is 4.04. The highest BCUT2D eigenvalue weighted by atomic mass is 16.2. The summed E-state index contributed by atoms with van der Waals surface area (Å²) in [6.45, 7) is 4.69. The zero-order valence-electron chi connectivity index (χ0n) is 12.9. The van der Waals surface area contributed by atoms with E-state index in [2.05, 4.69) is 16.8 Å². The molecule has 21 heavy (non-hydrogen) atoms. The minimum Gasteiger partial charge on any atom is -0.356 e. The highest BCUT2D eigenvalue weighted by Crippen LogP contribution is 2.39. The summed E-state index contributed by atoms with van der Waals surface area (Å²) in [5, 5.41) is 0. The van der Waals surface area contributed by atoms with Gasteiger partial charge in [0.1, 0.15) is 5.69 Å². The molecular weight excluding hydrogens is 264 g/mol. The summed E-state index contributed by atoms with van der Waals surface area (Å²) in [5.74, 6) is 1.42. The van der Waals surface area contributed by atoms with Gasteiger partial charge in [0.15, 0.2) is 5.78 Å². The first-order valence-corrected chi connectivity index (χ1v) is 8.08. The average Bonchev–Trinajstić information content (AvgIpc) is 2.97. The van der Waals surface area contributed by atoms with Gasteiger partial charge in [-0.2, -0.15) is 0 Å². The SMILES string of the molecule is CC(=O)c1c[nH]c(C(=O)N2CC[C@H](C)[C@H]3CCCC[C@@H]32)c1. The summed E-state index contributed by atoms with van der Waals surface area (Å²) >= 11 is 0. The standard InChI is InChI=1S/C17H24N2O2/c1-11-7-8-19(16-6-4-3-5-14(11)16)17(21)15-9-13(10-18-15)12(2)20/h9-11,14,16,18H,3-8H2,1-2H3/t11-,14+,16-/m0/s1. The highest BCUT2D eigenvalue weighted by molar-refractivity contribution is 5.99. The van der Waals surface area contributed by atoms with E-state index in [-0.39, 0.29) is 11.7 Å². The Bertz CT molecular complexity index is 549. The molecule has 2 fully saturated rings. The summed E-state index contributed by atoms with van der Waals surface area (Å²) in [5.41, 5.74) is 1.14. The third kappa shape index (κ3) is 2.63. The maximum absolute atomic E-state index is 12.8. The fourth-order valence-corrected chi connectivity index (χ4v) is 4.04.